The average Bonchev–Trinajstić information content (AvgIpc) is 2.47. The lowest BCUT2D eigenvalue weighted by Gasteiger charge is -2.19. The lowest BCUT2D eigenvalue weighted by atomic mass is 9.86. The first-order valence-corrected chi connectivity index (χ1v) is 9.26. The summed E-state index contributed by atoms with van der Waals surface area (Å²) in [6, 6.07) is 0. The lowest BCUT2D eigenvalue weighted by Crippen LogP contribution is -2.08. The molecule has 0 rings (SSSR count). The van der Waals surface area contributed by atoms with Gasteiger partial charge in [0.2, 0.25) is 0 Å². The molecule has 0 bridgehead atoms. The van der Waals surface area contributed by atoms with E-state index in [2.05, 4.69) is 44.1 Å². The van der Waals surface area contributed by atoms with Crippen molar-refractivity contribution in [3.05, 3.63) is 0 Å². The van der Waals surface area contributed by atoms with Crippen LogP contribution in [0.25, 0.3) is 0 Å². The van der Waals surface area contributed by atoms with Crippen molar-refractivity contribution >= 4 is 11.9 Å². The molecule has 0 amide bonds. The minimum Gasteiger partial charge on any atom is -0.469 e. The van der Waals surface area contributed by atoms with Gasteiger partial charge in [-0.15, -0.1) is 0 Å². The van der Waals surface area contributed by atoms with Crippen LogP contribution >= 0.6 is 0 Å². The molecule has 0 aliphatic heterocycles. The van der Waals surface area contributed by atoms with Gasteiger partial charge < -0.3 is 9.47 Å². The Balaban J connectivity index is 0. The van der Waals surface area contributed by atoms with Crippen LogP contribution in [0, 0.1) is 11.3 Å². The molecular weight excluding hydrogens is 304 g/mol. The normalized spacial score (nSPS) is 10.8. The van der Waals surface area contributed by atoms with Crippen LogP contribution in [0.5, 0.6) is 0 Å². The van der Waals surface area contributed by atoms with E-state index in [0.29, 0.717) is 18.3 Å². The Hall–Kier alpha value is -1.06. The molecule has 0 aromatic carbocycles. The summed E-state index contributed by atoms with van der Waals surface area (Å²) in [5, 5.41) is 0. The quantitative estimate of drug-likeness (QED) is 0.386. The number of esters is 2. The average molecular weight is 345 g/mol. The number of carbonyl (C=O) groups is 2. The van der Waals surface area contributed by atoms with Gasteiger partial charge in [-0.25, -0.2) is 0 Å². The molecule has 0 spiro atoms. The van der Waals surface area contributed by atoms with Crippen LogP contribution in [0.4, 0.5) is 0 Å². The van der Waals surface area contributed by atoms with E-state index in [-0.39, 0.29) is 11.9 Å². The first-order valence-electron chi connectivity index (χ1n) is 9.26. The highest BCUT2D eigenvalue weighted by molar-refractivity contribution is 5.69. The molecule has 0 unspecified atom stereocenters. The van der Waals surface area contributed by atoms with Crippen molar-refractivity contribution in [2.45, 2.75) is 92.4 Å². The number of rotatable bonds is 10. The Morgan fingerprint density at radius 2 is 1.08 bits per heavy atom. The summed E-state index contributed by atoms with van der Waals surface area (Å²) >= 11 is 0. The molecule has 0 radical (unpaired) electrons. The van der Waals surface area contributed by atoms with Crippen LogP contribution < -0.4 is 0 Å². The molecule has 0 N–H and O–H groups in total. The first kappa shape index (κ1) is 25.2. The fourth-order valence-corrected chi connectivity index (χ4v) is 2.67. The van der Waals surface area contributed by atoms with Crippen molar-refractivity contribution in [3.8, 4) is 0 Å². The molecule has 4 nitrogen and oxygen atoms in total. The van der Waals surface area contributed by atoms with Gasteiger partial charge in [0.05, 0.1) is 14.2 Å². The summed E-state index contributed by atoms with van der Waals surface area (Å²) in [7, 11) is 2.82. The highest BCUT2D eigenvalue weighted by Crippen LogP contribution is 2.23. The van der Waals surface area contributed by atoms with Crippen molar-refractivity contribution in [3.63, 3.8) is 0 Å². The number of hydrogen-bond donors (Lipinski definition) is 0. The summed E-state index contributed by atoms with van der Waals surface area (Å²) in [6.07, 6.45) is 8.45. The van der Waals surface area contributed by atoms with Crippen molar-refractivity contribution in [1.82, 2.24) is 0 Å². The summed E-state index contributed by atoms with van der Waals surface area (Å²) in [6.45, 7) is 11.4. The van der Waals surface area contributed by atoms with Gasteiger partial charge >= 0.3 is 11.9 Å². The zero-order chi connectivity index (χ0) is 19.0. The van der Waals surface area contributed by atoms with Crippen molar-refractivity contribution < 1.29 is 19.1 Å². The molecule has 0 aliphatic rings. The first-order chi connectivity index (χ1) is 11.1. The Morgan fingerprint density at radius 3 is 1.29 bits per heavy atom. The maximum Gasteiger partial charge on any atom is 0.305 e. The van der Waals surface area contributed by atoms with Crippen LogP contribution in [0.1, 0.15) is 92.4 Å². The Kier molecular flexibility index (Phi) is 16.2. The number of methoxy groups -OCH3 is 2. The number of hydrogen-bond acceptors (Lipinski definition) is 4. The largest absolute Gasteiger partial charge is 0.469 e. The van der Waals surface area contributed by atoms with Gasteiger partial charge in [0, 0.05) is 12.8 Å². The maximum atomic E-state index is 10.8. The van der Waals surface area contributed by atoms with Crippen LogP contribution in [0.3, 0.4) is 0 Å². The van der Waals surface area contributed by atoms with Gasteiger partial charge in [-0.05, 0) is 30.6 Å². The van der Waals surface area contributed by atoms with Crippen molar-refractivity contribution in [2.75, 3.05) is 14.2 Å². The standard InChI is InChI=1S/C12H22O4.C8H18/c1-15-11(13)9-7-5-3-4-6-8-10-12(14)16-2;1-7(2)6-8(3,4)5/h3-10H2,1-2H3;7H,6H2,1-5H3. The monoisotopic (exact) mass is 344 g/mol. The van der Waals surface area contributed by atoms with Crippen molar-refractivity contribution in [2.24, 2.45) is 11.3 Å². The van der Waals surface area contributed by atoms with E-state index in [0.717, 1.165) is 44.4 Å². The molecule has 4 heteroatoms. The smallest absolute Gasteiger partial charge is 0.305 e. The van der Waals surface area contributed by atoms with Gasteiger partial charge in [0.1, 0.15) is 0 Å². The Morgan fingerprint density at radius 1 is 0.750 bits per heavy atom. The van der Waals surface area contributed by atoms with Crippen LogP contribution in [-0.2, 0) is 19.1 Å². The molecule has 0 aliphatic carbocycles. The van der Waals surface area contributed by atoms with E-state index in [9.17, 15) is 9.59 Å². The second-order valence-electron chi connectivity index (χ2n) is 7.93. The zero-order valence-corrected chi connectivity index (χ0v) is 17.1. The van der Waals surface area contributed by atoms with Crippen LogP contribution in [0.15, 0.2) is 0 Å². The number of unbranched alkanes of at least 4 members (excludes halogenated alkanes) is 5. The molecule has 24 heavy (non-hydrogen) atoms. The second-order valence-corrected chi connectivity index (χ2v) is 7.93. The van der Waals surface area contributed by atoms with Gasteiger partial charge in [-0.1, -0.05) is 60.3 Å². The minimum atomic E-state index is -0.134. The topological polar surface area (TPSA) is 52.6 Å². The van der Waals surface area contributed by atoms with Gasteiger partial charge in [-0.2, -0.15) is 0 Å². The van der Waals surface area contributed by atoms with Crippen LogP contribution in [-0.4, -0.2) is 26.2 Å². The minimum absolute atomic E-state index is 0.134. The van der Waals surface area contributed by atoms with E-state index in [1.165, 1.54) is 20.6 Å². The van der Waals surface area contributed by atoms with E-state index < -0.39 is 0 Å². The molecule has 0 heterocycles. The maximum absolute atomic E-state index is 10.8. The Labute approximate surface area is 149 Å². The second kappa shape index (κ2) is 15.5. The SMILES string of the molecule is CC(C)CC(C)(C)C.COC(=O)CCCCCCCCC(=O)OC. The highest BCUT2D eigenvalue weighted by Gasteiger charge is 2.11. The summed E-state index contributed by atoms with van der Waals surface area (Å²) in [5.74, 6) is 0.575. The van der Waals surface area contributed by atoms with Gasteiger partial charge in [0.25, 0.3) is 0 Å². The predicted molar refractivity (Wildman–Crippen MR) is 99.9 cm³/mol. The molecule has 144 valence electrons. The molecule has 0 saturated carbocycles. The van der Waals surface area contributed by atoms with Crippen molar-refractivity contribution in [1.29, 1.82) is 0 Å². The zero-order valence-electron chi connectivity index (χ0n) is 17.1. The van der Waals surface area contributed by atoms with Gasteiger partial charge in [-0.3, -0.25) is 9.59 Å². The third-order valence-corrected chi connectivity index (χ3v) is 3.49. The molecule has 0 atom stereocenters. The Bertz CT molecular complexity index is 294. The fraction of sp³-hybridized carbons (Fsp3) is 0.900. The number of ether oxygens (including phenoxy) is 2. The lowest BCUT2D eigenvalue weighted by molar-refractivity contribution is -0.141. The number of carbonyl (C=O) groups excluding carboxylic acids is 2. The molecule has 0 fully saturated rings. The van der Waals surface area contributed by atoms with Gasteiger partial charge in [0.15, 0.2) is 0 Å². The molecular formula is C20H40O4. The fourth-order valence-electron chi connectivity index (χ4n) is 2.67. The summed E-state index contributed by atoms with van der Waals surface area (Å²) in [4.78, 5) is 21.6. The highest BCUT2D eigenvalue weighted by atomic mass is 16.5. The molecule has 0 aromatic heterocycles. The summed E-state index contributed by atoms with van der Waals surface area (Å²) < 4.78 is 9.09. The predicted octanol–water partition coefficient (Wildman–Crippen LogP) is 5.53. The molecule has 0 saturated heterocycles. The van der Waals surface area contributed by atoms with E-state index in [1.807, 2.05) is 0 Å². The summed E-state index contributed by atoms with van der Waals surface area (Å²) in [5.41, 5.74) is 0.522. The molecule has 0 aromatic rings. The van der Waals surface area contributed by atoms with E-state index >= 15 is 0 Å². The third kappa shape index (κ3) is 23.2. The van der Waals surface area contributed by atoms with E-state index in [1.54, 1.807) is 0 Å². The third-order valence-electron chi connectivity index (χ3n) is 3.49. The van der Waals surface area contributed by atoms with E-state index in [4.69, 9.17) is 0 Å². The van der Waals surface area contributed by atoms with Crippen LogP contribution in [0.2, 0.25) is 0 Å².